The average molecular weight is 746 g/mol. The van der Waals surface area contributed by atoms with Crippen LogP contribution >= 0.6 is 11.8 Å². The Morgan fingerprint density at radius 2 is 1.21 bits per heavy atom. The van der Waals surface area contributed by atoms with Gasteiger partial charge >= 0.3 is 0 Å². The van der Waals surface area contributed by atoms with Crippen LogP contribution in [0.4, 0.5) is 17.1 Å². The first-order valence-corrected chi connectivity index (χ1v) is 22.1. The summed E-state index contributed by atoms with van der Waals surface area (Å²) in [4.78, 5) is 5.56. The average Bonchev–Trinajstić information content (AvgIpc) is 3.76. The van der Waals surface area contributed by atoms with Crippen molar-refractivity contribution in [2.75, 3.05) is 4.90 Å². The summed E-state index contributed by atoms with van der Waals surface area (Å²) in [7, 11) is 0. The standard InChI is InChI=1S/C54H51NS/c1-51(2)27-28-52(3,4)44-32-40(25-26-42(44)51)55(39-23-21-36(22-24-39)35-13-7-5-8-14-35)45-19-12-18-43-50(45)56-46-20-11-17-41(37-15-9-6-10-16-37)49(46)54(43)47-30-34-29-38-31-48(54)53(38,47)33-34/h5-26,32,34,38,47-48H,27-31,33H2,1-4H3. The first-order chi connectivity index (χ1) is 27.2. The lowest BCUT2D eigenvalue weighted by Crippen LogP contribution is -2.74. The highest BCUT2D eigenvalue weighted by molar-refractivity contribution is 7.99. The summed E-state index contributed by atoms with van der Waals surface area (Å²) >= 11 is 2.05. The number of fused-ring (bicyclic) bond motifs is 8. The molecule has 6 aromatic carbocycles. The number of benzene rings is 6. The van der Waals surface area contributed by atoms with Crippen molar-refractivity contribution in [2.24, 2.45) is 29.1 Å². The van der Waals surface area contributed by atoms with Crippen molar-refractivity contribution >= 4 is 28.8 Å². The second kappa shape index (κ2) is 11.5. The summed E-state index contributed by atoms with van der Waals surface area (Å²) in [5, 5.41) is 0. The molecule has 2 bridgehead atoms. The molecular formula is C54H51NS. The molecular weight excluding hydrogens is 695 g/mol. The van der Waals surface area contributed by atoms with Gasteiger partial charge in [-0.1, -0.05) is 143 Å². The van der Waals surface area contributed by atoms with Gasteiger partial charge in [0.25, 0.3) is 0 Å². The van der Waals surface area contributed by atoms with Crippen LogP contribution in [0, 0.1) is 29.1 Å². The van der Waals surface area contributed by atoms with E-state index in [0.29, 0.717) is 5.41 Å². The zero-order valence-electron chi connectivity index (χ0n) is 33.2. The number of hydrogen-bond acceptors (Lipinski definition) is 2. The zero-order chi connectivity index (χ0) is 37.6. The second-order valence-corrected chi connectivity index (χ2v) is 20.7. The largest absolute Gasteiger partial charge is 0.309 e. The number of hydrogen-bond donors (Lipinski definition) is 0. The highest BCUT2D eigenvalue weighted by atomic mass is 32.2. The maximum Gasteiger partial charge on any atom is 0.0604 e. The van der Waals surface area contributed by atoms with E-state index >= 15 is 0 Å². The predicted octanol–water partition coefficient (Wildman–Crippen LogP) is 14.7. The normalized spacial score (nSPS) is 29.0. The molecule has 6 unspecified atom stereocenters. The van der Waals surface area contributed by atoms with Crippen molar-refractivity contribution in [2.45, 2.75) is 92.3 Å². The van der Waals surface area contributed by atoms with Gasteiger partial charge in [-0.25, -0.2) is 0 Å². The number of anilines is 3. The summed E-state index contributed by atoms with van der Waals surface area (Å²) in [6.07, 6.45) is 8.16. The molecule has 6 aromatic rings. The van der Waals surface area contributed by atoms with Gasteiger partial charge in [0.1, 0.15) is 0 Å². The Balaban J connectivity index is 1.09. The summed E-state index contributed by atoms with van der Waals surface area (Å²) in [6, 6.07) is 53.7. The Morgan fingerprint density at radius 3 is 1.96 bits per heavy atom. The van der Waals surface area contributed by atoms with Crippen molar-refractivity contribution < 1.29 is 0 Å². The number of rotatable bonds is 5. The Morgan fingerprint density at radius 1 is 0.554 bits per heavy atom. The molecule has 0 amide bonds. The first kappa shape index (κ1) is 33.6. The van der Waals surface area contributed by atoms with E-state index in [1.54, 1.807) is 11.1 Å². The molecule has 0 radical (unpaired) electrons. The molecule has 0 aromatic heterocycles. The summed E-state index contributed by atoms with van der Waals surface area (Å²) in [5.74, 6) is 3.30. The van der Waals surface area contributed by atoms with E-state index < -0.39 is 0 Å². The molecule has 278 valence electrons. The molecule has 4 fully saturated rings. The SMILES string of the molecule is CC1(C)CCC(C)(C)c2cc(N(c3ccc(-c4ccccc4)cc3)c3cccc4c3Sc3cccc(-c5ccccc5)c3C43C4CC5CC6CC3C64C5)ccc21. The van der Waals surface area contributed by atoms with Crippen LogP contribution in [0.3, 0.4) is 0 Å². The van der Waals surface area contributed by atoms with E-state index in [1.165, 1.54) is 98.8 Å². The van der Waals surface area contributed by atoms with E-state index in [-0.39, 0.29) is 16.2 Å². The van der Waals surface area contributed by atoms with Gasteiger partial charge in [-0.2, -0.15) is 0 Å². The van der Waals surface area contributed by atoms with Crippen LogP contribution in [-0.2, 0) is 16.2 Å². The van der Waals surface area contributed by atoms with Crippen molar-refractivity contribution in [3.8, 4) is 22.3 Å². The van der Waals surface area contributed by atoms with Gasteiger partial charge in [-0.15, -0.1) is 0 Å². The molecule has 12 rings (SSSR count). The van der Waals surface area contributed by atoms with Crippen molar-refractivity contribution in [1.29, 1.82) is 0 Å². The highest BCUT2D eigenvalue weighted by Gasteiger charge is 2.84. The molecule has 1 nitrogen and oxygen atoms in total. The van der Waals surface area contributed by atoms with Gasteiger partial charge in [-0.05, 0) is 159 Å². The minimum absolute atomic E-state index is 0.0503. The molecule has 1 heterocycles. The Labute approximate surface area is 337 Å². The summed E-state index contributed by atoms with van der Waals surface area (Å²) < 4.78 is 0. The highest BCUT2D eigenvalue weighted by Crippen LogP contribution is 2.89. The molecule has 2 spiro atoms. The summed E-state index contributed by atoms with van der Waals surface area (Å²) in [5.41, 5.74) is 16.3. The van der Waals surface area contributed by atoms with Crippen LogP contribution in [0.2, 0.25) is 0 Å². The molecule has 0 saturated heterocycles. The fourth-order valence-corrected chi connectivity index (χ4v) is 15.2. The molecule has 0 N–H and O–H groups in total. The fourth-order valence-electron chi connectivity index (χ4n) is 13.8. The molecule has 6 aliphatic rings. The Kier molecular flexibility index (Phi) is 6.92. The van der Waals surface area contributed by atoms with E-state index in [1.807, 2.05) is 11.8 Å². The molecule has 1 aliphatic heterocycles. The third-order valence-electron chi connectivity index (χ3n) is 16.3. The third-order valence-corrected chi connectivity index (χ3v) is 17.4. The molecule has 6 atom stereocenters. The van der Waals surface area contributed by atoms with E-state index in [9.17, 15) is 0 Å². The van der Waals surface area contributed by atoms with Gasteiger partial charge in [0, 0.05) is 26.6 Å². The number of nitrogens with zero attached hydrogens (tertiary/aromatic N) is 1. The zero-order valence-corrected chi connectivity index (χ0v) is 34.0. The Hall–Kier alpha value is -4.53. The second-order valence-electron chi connectivity index (χ2n) is 19.6. The smallest absolute Gasteiger partial charge is 0.0604 e. The van der Waals surface area contributed by atoms with Gasteiger partial charge in [0.05, 0.1) is 5.69 Å². The van der Waals surface area contributed by atoms with E-state index in [4.69, 9.17) is 0 Å². The van der Waals surface area contributed by atoms with E-state index in [2.05, 4.69) is 172 Å². The molecule has 2 heteroatoms. The van der Waals surface area contributed by atoms with Gasteiger partial charge in [0.2, 0.25) is 0 Å². The Bertz CT molecular complexity index is 2550. The predicted molar refractivity (Wildman–Crippen MR) is 233 cm³/mol. The maximum atomic E-state index is 2.62. The minimum Gasteiger partial charge on any atom is -0.309 e. The lowest BCUT2D eigenvalue weighted by molar-refractivity contribution is -0.234. The van der Waals surface area contributed by atoms with Crippen molar-refractivity contribution in [3.63, 3.8) is 0 Å². The van der Waals surface area contributed by atoms with Crippen LogP contribution in [0.5, 0.6) is 0 Å². The maximum absolute atomic E-state index is 2.62. The molecule has 4 saturated carbocycles. The van der Waals surface area contributed by atoms with Gasteiger partial charge in [-0.3, -0.25) is 0 Å². The topological polar surface area (TPSA) is 3.24 Å². The van der Waals surface area contributed by atoms with Gasteiger partial charge < -0.3 is 4.90 Å². The van der Waals surface area contributed by atoms with Crippen LogP contribution in [-0.4, -0.2) is 0 Å². The van der Waals surface area contributed by atoms with E-state index in [0.717, 1.165) is 23.7 Å². The molecule has 56 heavy (non-hydrogen) atoms. The van der Waals surface area contributed by atoms with Crippen LogP contribution in [0.25, 0.3) is 22.3 Å². The fraction of sp³-hybridized carbons (Fsp3) is 0.333. The quantitative estimate of drug-likeness (QED) is 0.173. The third kappa shape index (κ3) is 4.30. The summed E-state index contributed by atoms with van der Waals surface area (Å²) in [6.45, 7) is 9.81. The van der Waals surface area contributed by atoms with Crippen molar-refractivity contribution in [3.05, 3.63) is 162 Å². The van der Waals surface area contributed by atoms with Crippen LogP contribution in [0.1, 0.15) is 88.5 Å². The van der Waals surface area contributed by atoms with Crippen LogP contribution in [0.15, 0.2) is 149 Å². The first-order valence-electron chi connectivity index (χ1n) is 21.3. The minimum atomic E-state index is 0.0503. The molecule has 5 aliphatic carbocycles. The van der Waals surface area contributed by atoms with Crippen LogP contribution < -0.4 is 4.90 Å². The van der Waals surface area contributed by atoms with Gasteiger partial charge in [0.15, 0.2) is 0 Å². The monoisotopic (exact) mass is 745 g/mol. The lowest BCUT2D eigenvalue weighted by atomic mass is 9.26. The lowest BCUT2D eigenvalue weighted by Gasteiger charge is -2.78. The van der Waals surface area contributed by atoms with Crippen molar-refractivity contribution in [1.82, 2.24) is 0 Å².